The summed E-state index contributed by atoms with van der Waals surface area (Å²) < 4.78 is 10.7. The maximum atomic E-state index is 12.8. The molecule has 1 atom stereocenters. The highest BCUT2D eigenvalue weighted by atomic mass is 16.5. The number of ether oxygens (including phenoxy) is 2. The van der Waals surface area contributed by atoms with Gasteiger partial charge in [-0.1, -0.05) is 38.1 Å². The second kappa shape index (κ2) is 10.6. The molecule has 174 valence electrons. The molecule has 1 aliphatic heterocycles. The van der Waals surface area contributed by atoms with E-state index in [1.54, 1.807) is 62.4 Å². The van der Waals surface area contributed by atoms with E-state index < -0.39 is 30.4 Å². The van der Waals surface area contributed by atoms with Gasteiger partial charge in [0.25, 0.3) is 11.8 Å². The first-order valence-corrected chi connectivity index (χ1v) is 10.7. The van der Waals surface area contributed by atoms with E-state index in [1.165, 1.54) is 4.90 Å². The fraction of sp³-hybridized carbons (Fsp3) is 0.333. The normalized spacial score (nSPS) is 13.6. The third kappa shape index (κ3) is 5.68. The Kier molecular flexibility index (Phi) is 7.66. The predicted molar refractivity (Wildman–Crippen MR) is 122 cm³/mol. The van der Waals surface area contributed by atoms with Crippen molar-refractivity contribution in [3.8, 4) is 5.75 Å². The van der Waals surface area contributed by atoms with E-state index in [0.717, 1.165) is 0 Å². The lowest BCUT2D eigenvalue weighted by Gasteiger charge is -2.29. The van der Waals surface area contributed by atoms with Gasteiger partial charge in [-0.25, -0.2) is 4.79 Å². The fourth-order valence-electron chi connectivity index (χ4n) is 3.41. The van der Waals surface area contributed by atoms with Gasteiger partial charge in [-0.05, 0) is 37.1 Å². The number of carbonyl (C=O) groups is 4. The lowest BCUT2D eigenvalue weighted by atomic mass is 10.0. The molecule has 0 fully saturated rings. The molecular formula is C24H27N3O6. The van der Waals surface area contributed by atoms with Crippen molar-refractivity contribution in [2.24, 2.45) is 5.92 Å². The molecule has 33 heavy (non-hydrogen) atoms. The number of hydrogen-bond donors (Lipinski definition) is 2. The molecule has 0 bridgehead atoms. The molecule has 0 unspecified atom stereocenters. The third-order valence-electron chi connectivity index (χ3n) is 5.05. The zero-order chi connectivity index (χ0) is 24.0. The van der Waals surface area contributed by atoms with Crippen molar-refractivity contribution in [1.82, 2.24) is 5.32 Å². The minimum atomic E-state index is -0.975. The van der Waals surface area contributed by atoms with Crippen molar-refractivity contribution >= 4 is 35.1 Å². The second-order valence-electron chi connectivity index (χ2n) is 7.78. The number of benzene rings is 2. The van der Waals surface area contributed by atoms with Gasteiger partial charge in [-0.15, -0.1) is 0 Å². The molecule has 0 saturated heterocycles. The first kappa shape index (κ1) is 23.8. The highest BCUT2D eigenvalue weighted by Crippen LogP contribution is 2.28. The van der Waals surface area contributed by atoms with Crippen LogP contribution in [0.5, 0.6) is 5.75 Å². The van der Waals surface area contributed by atoms with Crippen LogP contribution >= 0.6 is 0 Å². The summed E-state index contributed by atoms with van der Waals surface area (Å²) in [5.74, 6) is -1.99. The largest absolute Gasteiger partial charge is 0.493 e. The van der Waals surface area contributed by atoms with Crippen molar-refractivity contribution < 1.29 is 28.7 Å². The molecular weight excluding hydrogens is 426 g/mol. The summed E-state index contributed by atoms with van der Waals surface area (Å²) in [7, 11) is 0. The Morgan fingerprint density at radius 2 is 1.79 bits per heavy atom. The number of nitrogens with zero attached hydrogens (tertiary/aromatic N) is 1. The van der Waals surface area contributed by atoms with Crippen LogP contribution in [-0.4, -0.2) is 49.5 Å². The Morgan fingerprint density at radius 1 is 1.09 bits per heavy atom. The molecule has 2 aromatic carbocycles. The number of amides is 3. The van der Waals surface area contributed by atoms with Gasteiger partial charge in [0.2, 0.25) is 5.91 Å². The zero-order valence-electron chi connectivity index (χ0n) is 18.8. The van der Waals surface area contributed by atoms with Crippen LogP contribution in [-0.2, 0) is 19.1 Å². The number of nitrogens with one attached hydrogen (secondary N) is 2. The van der Waals surface area contributed by atoms with Gasteiger partial charge in [0, 0.05) is 0 Å². The van der Waals surface area contributed by atoms with E-state index in [-0.39, 0.29) is 18.4 Å². The van der Waals surface area contributed by atoms with Gasteiger partial charge in [0.1, 0.15) is 18.3 Å². The average molecular weight is 453 g/mol. The molecule has 3 rings (SSSR count). The minimum absolute atomic E-state index is 0.175. The summed E-state index contributed by atoms with van der Waals surface area (Å²) in [5.41, 5.74) is 1.33. The highest BCUT2D eigenvalue weighted by molar-refractivity contribution is 6.10. The number of esters is 1. The maximum absolute atomic E-state index is 12.8. The molecule has 0 spiro atoms. The SMILES string of the molecule is CCOc1ccccc1C(=O)N[C@H](C(=O)OCC(=O)N1CC(=O)Nc2ccccc21)C(C)C. The molecule has 1 heterocycles. The standard InChI is InChI=1S/C24H27N3O6/c1-4-32-19-12-8-5-9-16(19)23(30)26-22(15(2)3)24(31)33-14-21(29)27-13-20(28)25-17-10-6-7-11-18(17)27/h5-12,15,22H,4,13-14H2,1-3H3,(H,25,28)(H,26,30)/t22-/m0/s1. The molecule has 2 aromatic rings. The van der Waals surface area contributed by atoms with E-state index >= 15 is 0 Å². The summed E-state index contributed by atoms with van der Waals surface area (Å²) in [6.07, 6.45) is 0. The molecule has 1 aliphatic rings. The summed E-state index contributed by atoms with van der Waals surface area (Å²) in [5, 5.41) is 5.37. The Morgan fingerprint density at radius 3 is 2.52 bits per heavy atom. The Bertz CT molecular complexity index is 1050. The van der Waals surface area contributed by atoms with Gasteiger partial charge in [0.05, 0.1) is 23.5 Å². The summed E-state index contributed by atoms with van der Waals surface area (Å²) >= 11 is 0. The smallest absolute Gasteiger partial charge is 0.329 e. The average Bonchev–Trinajstić information content (AvgIpc) is 2.80. The second-order valence-corrected chi connectivity index (χ2v) is 7.78. The van der Waals surface area contributed by atoms with Crippen LogP contribution in [0.15, 0.2) is 48.5 Å². The molecule has 9 nitrogen and oxygen atoms in total. The molecule has 3 amide bonds. The van der Waals surface area contributed by atoms with Gasteiger partial charge in [-0.3, -0.25) is 19.3 Å². The van der Waals surface area contributed by atoms with Crippen LogP contribution in [0.2, 0.25) is 0 Å². The van der Waals surface area contributed by atoms with Gasteiger partial charge < -0.3 is 20.1 Å². The maximum Gasteiger partial charge on any atom is 0.329 e. The van der Waals surface area contributed by atoms with Crippen molar-refractivity contribution in [2.45, 2.75) is 26.8 Å². The van der Waals surface area contributed by atoms with Crippen LogP contribution in [0.3, 0.4) is 0 Å². The fourth-order valence-corrected chi connectivity index (χ4v) is 3.41. The van der Waals surface area contributed by atoms with Gasteiger partial charge in [0.15, 0.2) is 6.61 Å². The molecule has 0 saturated carbocycles. The first-order valence-electron chi connectivity index (χ1n) is 10.7. The Labute approximate surface area is 192 Å². The summed E-state index contributed by atoms with van der Waals surface area (Å²) in [4.78, 5) is 51.5. The first-order chi connectivity index (χ1) is 15.8. The number of para-hydroxylation sites is 3. The lowest BCUT2D eigenvalue weighted by Crippen LogP contribution is -2.47. The number of carbonyl (C=O) groups excluding carboxylic acids is 4. The number of fused-ring (bicyclic) bond motifs is 1. The van der Waals surface area contributed by atoms with Gasteiger partial charge in [-0.2, -0.15) is 0 Å². The number of anilines is 2. The van der Waals surface area contributed by atoms with Crippen molar-refractivity contribution in [2.75, 3.05) is 30.0 Å². The van der Waals surface area contributed by atoms with E-state index in [1.807, 2.05) is 6.92 Å². The molecule has 0 aliphatic carbocycles. The van der Waals surface area contributed by atoms with Crippen LogP contribution < -0.4 is 20.3 Å². The van der Waals surface area contributed by atoms with Crippen LogP contribution in [0.1, 0.15) is 31.1 Å². The van der Waals surface area contributed by atoms with E-state index in [0.29, 0.717) is 29.3 Å². The summed E-state index contributed by atoms with van der Waals surface area (Å²) in [6.45, 7) is 4.98. The van der Waals surface area contributed by atoms with E-state index in [4.69, 9.17) is 9.47 Å². The minimum Gasteiger partial charge on any atom is -0.493 e. The number of hydrogen-bond acceptors (Lipinski definition) is 6. The highest BCUT2D eigenvalue weighted by Gasteiger charge is 2.30. The van der Waals surface area contributed by atoms with Crippen LogP contribution in [0.4, 0.5) is 11.4 Å². The Balaban J connectivity index is 1.66. The molecule has 2 N–H and O–H groups in total. The topological polar surface area (TPSA) is 114 Å². The summed E-state index contributed by atoms with van der Waals surface area (Å²) in [6, 6.07) is 12.6. The van der Waals surface area contributed by atoms with Crippen molar-refractivity contribution in [1.29, 1.82) is 0 Å². The van der Waals surface area contributed by atoms with Gasteiger partial charge >= 0.3 is 5.97 Å². The lowest BCUT2D eigenvalue weighted by molar-refractivity contribution is -0.150. The van der Waals surface area contributed by atoms with E-state index in [9.17, 15) is 19.2 Å². The zero-order valence-corrected chi connectivity index (χ0v) is 18.8. The molecule has 0 radical (unpaired) electrons. The Hall–Kier alpha value is -3.88. The molecule has 9 heteroatoms. The third-order valence-corrected chi connectivity index (χ3v) is 5.05. The quantitative estimate of drug-likeness (QED) is 0.593. The van der Waals surface area contributed by atoms with E-state index in [2.05, 4.69) is 10.6 Å². The van der Waals surface area contributed by atoms with Crippen molar-refractivity contribution in [3.63, 3.8) is 0 Å². The molecule has 0 aromatic heterocycles. The van der Waals surface area contributed by atoms with Crippen LogP contribution in [0, 0.1) is 5.92 Å². The van der Waals surface area contributed by atoms with Crippen LogP contribution in [0.25, 0.3) is 0 Å². The monoisotopic (exact) mass is 453 g/mol. The number of rotatable bonds is 8. The predicted octanol–water partition coefficient (Wildman–Crippen LogP) is 2.37. The van der Waals surface area contributed by atoms with Crippen molar-refractivity contribution in [3.05, 3.63) is 54.1 Å².